The standard InChI is InChI=1S/C11H16N4O3S2/c1-8(2)12-4-9-3-11(19-6-9)20(16,17)14-5-10-13-7-18-15-10/h3,6-8,12,14H,4-5H2,1-2H3. The fraction of sp³-hybridized carbons (Fsp3) is 0.455. The number of hydrogen-bond acceptors (Lipinski definition) is 7. The van der Waals surface area contributed by atoms with E-state index < -0.39 is 10.0 Å². The SMILES string of the molecule is CC(C)NCc1csc(S(=O)(=O)NCc2ncon2)c1. The van der Waals surface area contributed by atoms with Crippen molar-refractivity contribution in [2.75, 3.05) is 0 Å². The number of sulfonamides is 1. The molecule has 0 aliphatic rings. The molecule has 2 rings (SSSR count). The van der Waals surface area contributed by atoms with E-state index in [-0.39, 0.29) is 10.8 Å². The van der Waals surface area contributed by atoms with E-state index in [0.717, 1.165) is 12.0 Å². The highest BCUT2D eigenvalue weighted by Gasteiger charge is 2.17. The van der Waals surface area contributed by atoms with Crippen LogP contribution < -0.4 is 10.0 Å². The number of nitrogens with one attached hydrogen (secondary N) is 2. The van der Waals surface area contributed by atoms with Gasteiger partial charge in [-0.25, -0.2) is 13.1 Å². The number of nitrogens with zero attached hydrogens (tertiary/aromatic N) is 2. The first-order chi connectivity index (χ1) is 9.47. The fourth-order valence-electron chi connectivity index (χ4n) is 1.41. The van der Waals surface area contributed by atoms with Crippen LogP contribution in [0.4, 0.5) is 0 Å². The van der Waals surface area contributed by atoms with Gasteiger partial charge in [-0.15, -0.1) is 11.3 Å². The fourth-order valence-corrected chi connectivity index (χ4v) is 3.64. The molecule has 0 saturated carbocycles. The Morgan fingerprint density at radius 3 is 2.85 bits per heavy atom. The van der Waals surface area contributed by atoms with Gasteiger partial charge in [-0.05, 0) is 17.0 Å². The van der Waals surface area contributed by atoms with Gasteiger partial charge < -0.3 is 9.84 Å². The van der Waals surface area contributed by atoms with Crippen LogP contribution in [-0.2, 0) is 23.1 Å². The lowest BCUT2D eigenvalue weighted by Crippen LogP contribution is -2.23. The van der Waals surface area contributed by atoms with Crippen molar-refractivity contribution in [2.24, 2.45) is 0 Å². The van der Waals surface area contributed by atoms with Crippen molar-refractivity contribution in [2.45, 2.75) is 37.2 Å². The van der Waals surface area contributed by atoms with Crippen LogP contribution in [0, 0.1) is 0 Å². The zero-order chi connectivity index (χ0) is 14.6. The molecule has 2 heterocycles. The molecule has 0 atom stereocenters. The highest BCUT2D eigenvalue weighted by atomic mass is 32.2. The Morgan fingerprint density at radius 2 is 2.20 bits per heavy atom. The summed E-state index contributed by atoms with van der Waals surface area (Å²) in [5, 5.41) is 8.62. The molecular formula is C11H16N4O3S2. The normalized spacial score (nSPS) is 12.2. The quantitative estimate of drug-likeness (QED) is 0.794. The van der Waals surface area contributed by atoms with E-state index in [2.05, 4.69) is 24.7 Å². The summed E-state index contributed by atoms with van der Waals surface area (Å²) in [7, 11) is -3.54. The average Bonchev–Trinajstić information content (AvgIpc) is 3.05. The lowest BCUT2D eigenvalue weighted by Gasteiger charge is -2.05. The summed E-state index contributed by atoms with van der Waals surface area (Å²) < 4.78 is 31.4. The van der Waals surface area contributed by atoms with Gasteiger partial charge in [-0.1, -0.05) is 19.0 Å². The number of rotatable bonds is 7. The van der Waals surface area contributed by atoms with Crippen LogP contribution in [0.3, 0.4) is 0 Å². The number of aromatic nitrogens is 2. The largest absolute Gasteiger partial charge is 0.343 e. The van der Waals surface area contributed by atoms with Gasteiger partial charge in [0.25, 0.3) is 0 Å². The molecule has 0 fully saturated rings. The summed E-state index contributed by atoms with van der Waals surface area (Å²) in [6.07, 6.45) is 1.16. The Kier molecular flexibility index (Phi) is 4.86. The lowest BCUT2D eigenvalue weighted by atomic mass is 10.3. The first kappa shape index (κ1) is 15.1. The monoisotopic (exact) mass is 316 g/mol. The summed E-state index contributed by atoms with van der Waals surface area (Å²) >= 11 is 1.19. The van der Waals surface area contributed by atoms with Crippen LogP contribution in [0.25, 0.3) is 0 Å². The van der Waals surface area contributed by atoms with Gasteiger partial charge in [-0.2, -0.15) is 4.98 Å². The maximum atomic E-state index is 12.1. The molecule has 0 aliphatic carbocycles. The predicted molar refractivity (Wildman–Crippen MR) is 74.6 cm³/mol. The second kappa shape index (κ2) is 6.44. The van der Waals surface area contributed by atoms with Crippen LogP contribution in [0.15, 0.2) is 26.6 Å². The topological polar surface area (TPSA) is 97.1 Å². The van der Waals surface area contributed by atoms with Crippen LogP contribution in [0.2, 0.25) is 0 Å². The van der Waals surface area contributed by atoms with Crippen LogP contribution in [-0.4, -0.2) is 24.6 Å². The Hall–Kier alpha value is -1.29. The zero-order valence-corrected chi connectivity index (χ0v) is 12.8. The molecular weight excluding hydrogens is 300 g/mol. The summed E-state index contributed by atoms with van der Waals surface area (Å²) in [4.78, 5) is 3.76. The minimum Gasteiger partial charge on any atom is -0.343 e. The van der Waals surface area contributed by atoms with Gasteiger partial charge >= 0.3 is 0 Å². The van der Waals surface area contributed by atoms with Crippen LogP contribution in [0.1, 0.15) is 25.2 Å². The molecule has 20 heavy (non-hydrogen) atoms. The second-order valence-electron chi connectivity index (χ2n) is 4.48. The molecule has 2 aromatic rings. The zero-order valence-electron chi connectivity index (χ0n) is 11.2. The van der Waals surface area contributed by atoms with Gasteiger partial charge in [0.05, 0.1) is 6.54 Å². The van der Waals surface area contributed by atoms with E-state index in [1.54, 1.807) is 6.07 Å². The van der Waals surface area contributed by atoms with E-state index in [1.807, 2.05) is 19.2 Å². The van der Waals surface area contributed by atoms with E-state index >= 15 is 0 Å². The van der Waals surface area contributed by atoms with Crippen molar-refractivity contribution in [3.8, 4) is 0 Å². The highest BCUT2D eigenvalue weighted by molar-refractivity contribution is 7.91. The van der Waals surface area contributed by atoms with Gasteiger partial charge in [0.2, 0.25) is 16.4 Å². The van der Waals surface area contributed by atoms with E-state index in [9.17, 15) is 8.42 Å². The molecule has 9 heteroatoms. The number of thiophene rings is 1. The maximum Gasteiger partial charge on any atom is 0.250 e. The third-order valence-corrected chi connectivity index (χ3v) is 5.33. The van der Waals surface area contributed by atoms with E-state index in [0.29, 0.717) is 18.4 Å². The molecule has 110 valence electrons. The lowest BCUT2D eigenvalue weighted by molar-refractivity contribution is 0.409. The first-order valence-electron chi connectivity index (χ1n) is 6.03. The molecule has 2 N–H and O–H groups in total. The van der Waals surface area contributed by atoms with Crippen LogP contribution >= 0.6 is 11.3 Å². The second-order valence-corrected chi connectivity index (χ2v) is 7.39. The molecule has 0 radical (unpaired) electrons. The molecule has 0 unspecified atom stereocenters. The van der Waals surface area contributed by atoms with Crippen molar-refractivity contribution in [1.29, 1.82) is 0 Å². The number of hydrogen-bond donors (Lipinski definition) is 2. The molecule has 0 amide bonds. The minimum absolute atomic E-state index is 0.0102. The minimum atomic E-state index is -3.54. The van der Waals surface area contributed by atoms with E-state index in [4.69, 9.17) is 0 Å². The molecule has 0 saturated heterocycles. The molecule has 0 aromatic carbocycles. The molecule has 0 bridgehead atoms. The molecule has 7 nitrogen and oxygen atoms in total. The summed E-state index contributed by atoms with van der Waals surface area (Å²) in [6, 6.07) is 2.02. The van der Waals surface area contributed by atoms with Gasteiger partial charge in [0, 0.05) is 12.6 Å². The van der Waals surface area contributed by atoms with Crippen LogP contribution in [0.5, 0.6) is 0 Å². The smallest absolute Gasteiger partial charge is 0.250 e. The van der Waals surface area contributed by atoms with Gasteiger partial charge in [-0.3, -0.25) is 0 Å². The molecule has 0 spiro atoms. The van der Waals surface area contributed by atoms with Crippen molar-refractivity contribution in [3.63, 3.8) is 0 Å². The predicted octanol–water partition coefficient (Wildman–Crippen LogP) is 1.11. The maximum absolute atomic E-state index is 12.1. The highest BCUT2D eigenvalue weighted by Crippen LogP contribution is 2.20. The summed E-state index contributed by atoms with van der Waals surface area (Å²) in [6.45, 7) is 4.73. The third-order valence-electron chi connectivity index (χ3n) is 2.44. The summed E-state index contributed by atoms with van der Waals surface area (Å²) in [5.41, 5.74) is 0.948. The Balaban J connectivity index is 1.98. The average molecular weight is 316 g/mol. The Morgan fingerprint density at radius 1 is 1.40 bits per heavy atom. The Bertz CT molecular complexity index is 634. The van der Waals surface area contributed by atoms with Crippen molar-refractivity contribution in [3.05, 3.63) is 29.2 Å². The summed E-state index contributed by atoms with van der Waals surface area (Å²) in [5.74, 6) is 0.298. The van der Waals surface area contributed by atoms with Gasteiger partial charge in [0.15, 0.2) is 5.82 Å². The Labute approximate surface area is 121 Å². The molecule has 0 aliphatic heterocycles. The first-order valence-corrected chi connectivity index (χ1v) is 8.39. The van der Waals surface area contributed by atoms with Crippen molar-refractivity contribution < 1.29 is 12.9 Å². The third kappa shape index (κ3) is 4.10. The molecule has 2 aromatic heterocycles. The van der Waals surface area contributed by atoms with Crippen molar-refractivity contribution >= 4 is 21.4 Å². The van der Waals surface area contributed by atoms with Gasteiger partial charge in [0.1, 0.15) is 4.21 Å². The van der Waals surface area contributed by atoms with Crippen molar-refractivity contribution in [1.82, 2.24) is 20.2 Å². The van der Waals surface area contributed by atoms with E-state index in [1.165, 1.54) is 11.3 Å².